The van der Waals surface area contributed by atoms with Gasteiger partial charge in [-0.15, -0.1) is 0 Å². The van der Waals surface area contributed by atoms with Crippen LogP contribution in [0.2, 0.25) is 0 Å². The predicted molar refractivity (Wildman–Crippen MR) is 86.0 cm³/mol. The highest BCUT2D eigenvalue weighted by atomic mass is 79.9. The highest BCUT2D eigenvalue weighted by molar-refractivity contribution is 9.10. The lowest BCUT2D eigenvalue weighted by Gasteiger charge is -2.37. The lowest BCUT2D eigenvalue weighted by Crippen LogP contribution is -2.51. The van der Waals surface area contributed by atoms with E-state index >= 15 is 0 Å². The smallest absolute Gasteiger partial charge is 0.409 e. The third kappa shape index (κ3) is 2.03. The number of halogens is 1. The van der Waals surface area contributed by atoms with E-state index in [1.54, 1.807) is 0 Å². The van der Waals surface area contributed by atoms with Crippen molar-refractivity contribution in [2.24, 2.45) is 0 Å². The average Bonchev–Trinajstić information content (AvgIpc) is 2.51. The molecule has 1 unspecified atom stereocenters. The van der Waals surface area contributed by atoms with Gasteiger partial charge in [0.15, 0.2) is 0 Å². The van der Waals surface area contributed by atoms with E-state index in [1.807, 2.05) is 35.2 Å². The Morgan fingerprint density at radius 3 is 3.00 bits per heavy atom. The number of nitrogens with one attached hydrogen (secondary N) is 1. The van der Waals surface area contributed by atoms with Crippen molar-refractivity contribution >= 4 is 38.5 Å². The second-order valence-electron chi connectivity index (χ2n) is 5.48. The van der Waals surface area contributed by atoms with Gasteiger partial charge >= 0.3 is 6.09 Å². The third-order valence-electron chi connectivity index (χ3n) is 4.22. The summed E-state index contributed by atoms with van der Waals surface area (Å²) in [6.07, 6.45) is 1.81. The van der Waals surface area contributed by atoms with Gasteiger partial charge < -0.3 is 10.1 Å². The molecule has 4 nitrogen and oxygen atoms in total. The predicted octanol–water partition coefficient (Wildman–Crippen LogP) is 3.67. The van der Waals surface area contributed by atoms with E-state index in [1.165, 1.54) is 0 Å². The number of ether oxygens (including phenoxy) is 1. The number of piperidine rings is 1. The number of carbonyl (C=O) groups excluding carboxylic acids is 1. The number of rotatable bonds is 1. The van der Waals surface area contributed by atoms with Gasteiger partial charge in [-0.2, -0.15) is 0 Å². The van der Waals surface area contributed by atoms with E-state index in [2.05, 4.69) is 21.2 Å². The highest BCUT2D eigenvalue weighted by Crippen LogP contribution is 2.42. The molecule has 5 heteroatoms. The number of hydrogen-bond acceptors (Lipinski definition) is 3. The van der Waals surface area contributed by atoms with Crippen LogP contribution < -0.4 is 15.0 Å². The number of nitrogens with zero attached hydrogens (tertiary/aromatic N) is 1. The van der Waals surface area contributed by atoms with Gasteiger partial charge in [0.05, 0.1) is 11.7 Å². The first kappa shape index (κ1) is 13.1. The van der Waals surface area contributed by atoms with Crippen LogP contribution in [0.15, 0.2) is 34.8 Å². The van der Waals surface area contributed by atoms with Crippen LogP contribution in [-0.4, -0.2) is 25.2 Å². The summed E-state index contributed by atoms with van der Waals surface area (Å²) >= 11 is 3.58. The molecule has 1 saturated heterocycles. The Morgan fingerprint density at radius 1 is 1.29 bits per heavy atom. The maximum absolute atomic E-state index is 12.4. The van der Waals surface area contributed by atoms with Crippen LogP contribution in [0.25, 0.3) is 10.8 Å². The SMILES string of the molecule is O=C1Oc2cccc3c(Br)ccc(c23)N1C1CCCNC1. The molecule has 0 spiro atoms. The fourth-order valence-electron chi connectivity index (χ4n) is 3.25. The molecule has 1 fully saturated rings. The van der Waals surface area contributed by atoms with Crippen molar-refractivity contribution in [1.29, 1.82) is 0 Å². The monoisotopic (exact) mass is 346 g/mol. The zero-order valence-corrected chi connectivity index (χ0v) is 13.0. The van der Waals surface area contributed by atoms with Crippen LogP contribution in [0.4, 0.5) is 10.5 Å². The molecular weight excluding hydrogens is 332 g/mol. The molecule has 1 atom stereocenters. The van der Waals surface area contributed by atoms with Crippen molar-refractivity contribution in [2.75, 3.05) is 18.0 Å². The molecule has 2 aliphatic rings. The van der Waals surface area contributed by atoms with Gasteiger partial charge in [0.1, 0.15) is 5.75 Å². The van der Waals surface area contributed by atoms with E-state index in [9.17, 15) is 4.79 Å². The van der Waals surface area contributed by atoms with E-state index in [-0.39, 0.29) is 12.1 Å². The molecule has 0 aliphatic carbocycles. The summed E-state index contributed by atoms with van der Waals surface area (Å²) in [6.45, 7) is 1.83. The Bertz CT molecular complexity index is 726. The van der Waals surface area contributed by atoms with E-state index in [4.69, 9.17) is 4.74 Å². The largest absolute Gasteiger partial charge is 0.420 e. The maximum Gasteiger partial charge on any atom is 0.420 e. The van der Waals surface area contributed by atoms with E-state index in [0.717, 1.165) is 46.9 Å². The highest BCUT2D eigenvalue weighted by Gasteiger charge is 2.34. The summed E-state index contributed by atoms with van der Waals surface area (Å²) in [5.41, 5.74) is 0.953. The first-order valence-electron chi connectivity index (χ1n) is 7.19. The molecule has 1 N–H and O–H groups in total. The first-order chi connectivity index (χ1) is 10.3. The summed E-state index contributed by atoms with van der Waals surface area (Å²) < 4.78 is 6.58. The minimum Gasteiger partial charge on any atom is -0.409 e. The molecule has 0 bridgehead atoms. The number of carbonyl (C=O) groups is 1. The van der Waals surface area contributed by atoms with Crippen molar-refractivity contribution in [1.82, 2.24) is 5.32 Å². The van der Waals surface area contributed by atoms with Crippen molar-refractivity contribution in [3.8, 4) is 5.75 Å². The van der Waals surface area contributed by atoms with Crippen molar-refractivity contribution in [3.63, 3.8) is 0 Å². The second-order valence-corrected chi connectivity index (χ2v) is 6.34. The minimum absolute atomic E-state index is 0.156. The molecule has 108 valence electrons. The summed E-state index contributed by atoms with van der Waals surface area (Å²) in [4.78, 5) is 14.3. The minimum atomic E-state index is -0.272. The summed E-state index contributed by atoms with van der Waals surface area (Å²) in [5, 5.41) is 5.45. The zero-order valence-electron chi connectivity index (χ0n) is 11.4. The van der Waals surface area contributed by atoms with Gasteiger partial charge in [0.25, 0.3) is 0 Å². The molecule has 0 aromatic heterocycles. The molecular formula is C16H15BrN2O2. The van der Waals surface area contributed by atoms with Crippen LogP contribution in [-0.2, 0) is 0 Å². The average molecular weight is 347 g/mol. The topological polar surface area (TPSA) is 41.6 Å². The van der Waals surface area contributed by atoms with Crippen LogP contribution in [0, 0.1) is 0 Å². The second kappa shape index (κ2) is 5.00. The van der Waals surface area contributed by atoms with Gasteiger partial charge in [-0.3, -0.25) is 4.90 Å². The molecule has 2 heterocycles. The van der Waals surface area contributed by atoms with E-state index in [0.29, 0.717) is 5.75 Å². The van der Waals surface area contributed by atoms with Crippen LogP contribution in [0.1, 0.15) is 12.8 Å². The van der Waals surface area contributed by atoms with Gasteiger partial charge in [-0.05, 0) is 37.6 Å². The fourth-order valence-corrected chi connectivity index (χ4v) is 3.71. The quantitative estimate of drug-likeness (QED) is 0.856. The normalized spacial score (nSPS) is 21.5. The van der Waals surface area contributed by atoms with Crippen LogP contribution >= 0.6 is 15.9 Å². The molecule has 1 amide bonds. The summed E-state index contributed by atoms with van der Waals surface area (Å²) in [5.74, 6) is 0.647. The van der Waals surface area contributed by atoms with Crippen molar-refractivity contribution in [2.45, 2.75) is 18.9 Å². The molecule has 4 rings (SSSR count). The molecule has 2 aromatic rings. The van der Waals surface area contributed by atoms with Gasteiger partial charge in [-0.1, -0.05) is 28.1 Å². The Morgan fingerprint density at radius 2 is 2.19 bits per heavy atom. The third-order valence-corrected chi connectivity index (χ3v) is 4.91. The zero-order chi connectivity index (χ0) is 14.4. The lowest BCUT2D eigenvalue weighted by molar-refractivity contribution is 0.202. The van der Waals surface area contributed by atoms with Crippen LogP contribution in [0.3, 0.4) is 0 Å². The van der Waals surface area contributed by atoms with Crippen molar-refractivity contribution < 1.29 is 9.53 Å². The van der Waals surface area contributed by atoms with Gasteiger partial charge in [0, 0.05) is 21.8 Å². The number of anilines is 1. The Labute approximate surface area is 131 Å². The molecule has 0 radical (unpaired) electrons. The number of benzene rings is 2. The molecule has 2 aromatic carbocycles. The Kier molecular flexibility index (Phi) is 3.12. The van der Waals surface area contributed by atoms with Crippen molar-refractivity contribution in [3.05, 3.63) is 34.8 Å². The Balaban J connectivity index is 1.91. The summed E-state index contributed by atoms with van der Waals surface area (Å²) in [6, 6.07) is 9.98. The summed E-state index contributed by atoms with van der Waals surface area (Å²) in [7, 11) is 0. The molecule has 21 heavy (non-hydrogen) atoms. The number of hydrogen-bond donors (Lipinski definition) is 1. The standard InChI is InChI=1S/C16H15BrN2O2/c17-12-6-7-13-15-11(12)4-1-5-14(15)21-16(20)19(13)10-3-2-8-18-9-10/h1,4-7,10,18H,2-3,8-9H2. The molecule has 2 aliphatic heterocycles. The lowest BCUT2D eigenvalue weighted by atomic mass is 10.0. The van der Waals surface area contributed by atoms with Crippen LogP contribution in [0.5, 0.6) is 5.75 Å². The fraction of sp³-hybridized carbons (Fsp3) is 0.312. The van der Waals surface area contributed by atoms with Gasteiger partial charge in [0.2, 0.25) is 0 Å². The Hall–Kier alpha value is -1.59. The number of amides is 1. The molecule has 0 saturated carbocycles. The van der Waals surface area contributed by atoms with Gasteiger partial charge in [-0.25, -0.2) is 4.79 Å². The van der Waals surface area contributed by atoms with E-state index < -0.39 is 0 Å². The maximum atomic E-state index is 12.4. The first-order valence-corrected chi connectivity index (χ1v) is 7.98.